The van der Waals surface area contributed by atoms with Crippen molar-refractivity contribution < 1.29 is 14.3 Å². The number of nitrogens with zero attached hydrogens (tertiary/aromatic N) is 1. The molecule has 4 aliphatic rings. The number of ether oxygens (including phenoxy) is 1. The number of esters is 1. The van der Waals surface area contributed by atoms with Crippen molar-refractivity contribution >= 4 is 11.9 Å². The van der Waals surface area contributed by atoms with E-state index in [2.05, 4.69) is 46.0 Å². The average Bonchev–Trinajstić information content (AvgIpc) is 3.24. The van der Waals surface area contributed by atoms with Gasteiger partial charge < -0.3 is 15.0 Å². The SMILES string of the molecule is CC(C)CCC[C@@H](C)[C@H]1CC[C@H]2[C@@H]3CC=C4C[C@@H](OC(=O)CCC(=O)NCCN(C)C)CC[C@]4(C)[C@H]3CC[C@]12C. The maximum absolute atomic E-state index is 12.6. The summed E-state index contributed by atoms with van der Waals surface area (Å²) >= 11 is 0. The van der Waals surface area contributed by atoms with Crippen molar-refractivity contribution in [1.82, 2.24) is 10.2 Å². The fourth-order valence-corrected chi connectivity index (χ4v) is 9.72. The zero-order valence-electron chi connectivity index (χ0n) is 26.9. The van der Waals surface area contributed by atoms with Gasteiger partial charge in [-0.15, -0.1) is 0 Å². The first-order chi connectivity index (χ1) is 18.9. The topological polar surface area (TPSA) is 58.6 Å². The van der Waals surface area contributed by atoms with Gasteiger partial charge in [0.2, 0.25) is 5.91 Å². The molecular weight excluding hydrogens is 496 g/mol. The van der Waals surface area contributed by atoms with Crippen LogP contribution in [0, 0.1) is 46.3 Å². The van der Waals surface area contributed by atoms with Crippen LogP contribution in [0.3, 0.4) is 0 Å². The molecule has 0 aromatic heterocycles. The summed E-state index contributed by atoms with van der Waals surface area (Å²) in [6.07, 6.45) is 16.9. The van der Waals surface area contributed by atoms with Gasteiger partial charge in [0.1, 0.15) is 6.10 Å². The Hall–Kier alpha value is -1.36. The quantitative estimate of drug-likeness (QED) is 0.201. The third-order valence-electron chi connectivity index (χ3n) is 12.0. The van der Waals surface area contributed by atoms with Gasteiger partial charge in [0, 0.05) is 25.9 Å². The molecule has 3 fully saturated rings. The van der Waals surface area contributed by atoms with E-state index in [1.807, 2.05) is 19.0 Å². The lowest BCUT2D eigenvalue weighted by atomic mass is 9.47. The number of amides is 1. The minimum Gasteiger partial charge on any atom is -0.462 e. The number of fused-ring (bicyclic) bond motifs is 5. The molecule has 0 spiro atoms. The third kappa shape index (κ3) is 6.98. The molecule has 4 rings (SSSR count). The van der Waals surface area contributed by atoms with E-state index in [1.165, 1.54) is 51.4 Å². The number of likely N-dealkylation sites (N-methyl/N-ethyl adjacent to an activating group) is 1. The minimum absolute atomic E-state index is 0.0309. The van der Waals surface area contributed by atoms with E-state index in [9.17, 15) is 9.59 Å². The molecule has 0 aromatic carbocycles. The van der Waals surface area contributed by atoms with Crippen molar-refractivity contribution in [2.75, 3.05) is 27.2 Å². The Labute approximate surface area is 245 Å². The largest absolute Gasteiger partial charge is 0.462 e. The van der Waals surface area contributed by atoms with Crippen LogP contribution in [0.1, 0.15) is 118 Å². The van der Waals surface area contributed by atoms with Crippen LogP contribution in [0.4, 0.5) is 0 Å². The van der Waals surface area contributed by atoms with Gasteiger partial charge in [-0.3, -0.25) is 9.59 Å². The molecule has 0 aromatic rings. The molecule has 0 radical (unpaired) electrons. The lowest BCUT2D eigenvalue weighted by Crippen LogP contribution is -2.51. The number of hydrogen-bond acceptors (Lipinski definition) is 4. The van der Waals surface area contributed by atoms with E-state index in [0.29, 0.717) is 12.0 Å². The highest BCUT2D eigenvalue weighted by Gasteiger charge is 2.59. The van der Waals surface area contributed by atoms with E-state index < -0.39 is 0 Å². The Morgan fingerprint density at radius 1 is 1.02 bits per heavy atom. The highest BCUT2D eigenvalue weighted by molar-refractivity contribution is 5.81. The maximum atomic E-state index is 12.6. The van der Waals surface area contributed by atoms with Crippen LogP contribution in [0.5, 0.6) is 0 Å². The zero-order chi connectivity index (χ0) is 29.1. The smallest absolute Gasteiger partial charge is 0.306 e. The lowest BCUT2D eigenvalue weighted by molar-refractivity contribution is -0.152. The van der Waals surface area contributed by atoms with Crippen molar-refractivity contribution in [3.8, 4) is 0 Å². The molecule has 3 saturated carbocycles. The summed E-state index contributed by atoms with van der Waals surface area (Å²) in [5.74, 6) is 4.75. The normalized spacial score (nSPS) is 35.9. The first kappa shape index (κ1) is 31.6. The standard InChI is InChI=1S/C35H60N2O3/c1-24(2)9-8-10-25(3)29-13-14-30-28-12-11-26-23-27(17-19-34(26,4)31(28)18-20-35(29,30)5)40-33(39)16-15-32(38)36-21-22-37(6)7/h11,24-25,27-31H,8-10,12-23H2,1-7H3,(H,36,38)/t25-,27+,28+,29-,30+,31+,34+,35-/m1/s1. The second-order valence-electron chi connectivity index (χ2n) is 15.3. The second-order valence-corrected chi connectivity index (χ2v) is 15.3. The summed E-state index contributed by atoms with van der Waals surface area (Å²) in [5.41, 5.74) is 2.34. The molecule has 0 bridgehead atoms. The van der Waals surface area contributed by atoms with Crippen molar-refractivity contribution in [1.29, 1.82) is 0 Å². The van der Waals surface area contributed by atoms with Gasteiger partial charge in [0.15, 0.2) is 0 Å². The monoisotopic (exact) mass is 556 g/mol. The highest BCUT2D eigenvalue weighted by atomic mass is 16.5. The van der Waals surface area contributed by atoms with Crippen LogP contribution in [-0.2, 0) is 14.3 Å². The Bertz CT molecular complexity index is 912. The average molecular weight is 557 g/mol. The Kier molecular flexibility index (Phi) is 10.5. The Balaban J connectivity index is 1.30. The molecule has 40 heavy (non-hydrogen) atoms. The number of carbonyl (C=O) groups excluding carboxylic acids is 2. The molecule has 0 heterocycles. The van der Waals surface area contributed by atoms with Crippen LogP contribution in [0.2, 0.25) is 0 Å². The molecule has 1 amide bonds. The Morgan fingerprint density at radius 3 is 2.52 bits per heavy atom. The van der Waals surface area contributed by atoms with Crippen molar-refractivity contribution in [2.24, 2.45) is 46.3 Å². The molecular formula is C35H60N2O3. The van der Waals surface area contributed by atoms with Crippen LogP contribution < -0.4 is 5.32 Å². The molecule has 1 N–H and O–H groups in total. The number of rotatable bonds is 12. The minimum atomic E-state index is -0.224. The van der Waals surface area contributed by atoms with Crippen molar-refractivity contribution in [2.45, 2.75) is 124 Å². The summed E-state index contributed by atoms with van der Waals surface area (Å²) in [6.45, 7) is 13.9. The van der Waals surface area contributed by atoms with Crippen molar-refractivity contribution in [3.63, 3.8) is 0 Å². The highest BCUT2D eigenvalue weighted by Crippen LogP contribution is 2.67. The first-order valence-corrected chi connectivity index (χ1v) is 16.7. The van der Waals surface area contributed by atoms with Crippen LogP contribution in [0.25, 0.3) is 0 Å². The van der Waals surface area contributed by atoms with E-state index in [-0.39, 0.29) is 36.2 Å². The summed E-state index contributed by atoms with van der Waals surface area (Å²) < 4.78 is 5.92. The van der Waals surface area contributed by atoms with Gasteiger partial charge in [-0.05, 0) is 105 Å². The third-order valence-corrected chi connectivity index (χ3v) is 12.0. The fraction of sp³-hybridized carbons (Fsp3) is 0.886. The molecule has 5 nitrogen and oxygen atoms in total. The summed E-state index contributed by atoms with van der Waals surface area (Å²) in [4.78, 5) is 26.7. The van der Waals surface area contributed by atoms with Gasteiger partial charge in [-0.25, -0.2) is 0 Å². The molecule has 228 valence electrons. The molecule has 5 heteroatoms. The van der Waals surface area contributed by atoms with Gasteiger partial charge in [0.25, 0.3) is 0 Å². The summed E-state index contributed by atoms with van der Waals surface area (Å²) in [5, 5.41) is 2.88. The van der Waals surface area contributed by atoms with E-state index in [1.54, 1.807) is 5.57 Å². The van der Waals surface area contributed by atoms with E-state index in [4.69, 9.17) is 4.74 Å². The number of hydrogen-bond donors (Lipinski definition) is 1. The summed E-state index contributed by atoms with van der Waals surface area (Å²) in [7, 11) is 3.96. The second kappa shape index (κ2) is 13.3. The maximum Gasteiger partial charge on any atom is 0.306 e. The van der Waals surface area contributed by atoms with E-state index in [0.717, 1.165) is 61.3 Å². The van der Waals surface area contributed by atoms with E-state index >= 15 is 0 Å². The first-order valence-electron chi connectivity index (χ1n) is 16.7. The van der Waals surface area contributed by atoms with Crippen LogP contribution in [0.15, 0.2) is 11.6 Å². The number of carbonyl (C=O) groups is 2. The number of nitrogens with one attached hydrogen (secondary N) is 1. The Morgan fingerprint density at radius 2 is 1.80 bits per heavy atom. The van der Waals surface area contributed by atoms with Gasteiger partial charge in [-0.2, -0.15) is 0 Å². The predicted molar refractivity (Wildman–Crippen MR) is 164 cm³/mol. The molecule has 0 saturated heterocycles. The van der Waals surface area contributed by atoms with Crippen LogP contribution >= 0.6 is 0 Å². The summed E-state index contributed by atoms with van der Waals surface area (Å²) in [6, 6.07) is 0. The fourth-order valence-electron chi connectivity index (χ4n) is 9.72. The molecule has 8 atom stereocenters. The van der Waals surface area contributed by atoms with Gasteiger partial charge in [-0.1, -0.05) is 65.5 Å². The van der Waals surface area contributed by atoms with Gasteiger partial charge in [0.05, 0.1) is 6.42 Å². The molecule has 0 aliphatic heterocycles. The van der Waals surface area contributed by atoms with Crippen molar-refractivity contribution in [3.05, 3.63) is 11.6 Å². The zero-order valence-corrected chi connectivity index (χ0v) is 26.9. The molecule has 0 unspecified atom stereocenters. The molecule has 4 aliphatic carbocycles. The van der Waals surface area contributed by atoms with Crippen LogP contribution in [-0.4, -0.2) is 50.1 Å². The van der Waals surface area contributed by atoms with Gasteiger partial charge >= 0.3 is 5.97 Å². The number of allylic oxidation sites excluding steroid dienone is 1. The predicted octanol–water partition coefficient (Wildman–Crippen LogP) is 7.40. The lowest BCUT2D eigenvalue weighted by Gasteiger charge is -2.58.